The highest BCUT2D eigenvalue weighted by Gasteiger charge is 2.30. The number of phosphoric ester groups is 2. The number of carbonyl (C=O) groups excluding carboxylic acids is 4. The van der Waals surface area contributed by atoms with Crippen LogP contribution in [0.3, 0.4) is 0 Å². The van der Waals surface area contributed by atoms with Crippen molar-refractivity contribution in [3.8, 4) is 0 Å². The van der Waals surface area contributed by atoms with Crippen LogP contribution in [0.1, 0.15) is 336 Å². The minimum atomic E-state index is -4.99. The SMILES string of the molecule is CCCCC/C=C\C/C=C\C/C=C\C/C=C\CCCC(=O)O[C@H](COC(=O)CCCCCCC/C=C\C/C=C\CCCCC)COP(=O)(O)OC[C@@H](O)COP(=O)(O)OC[C@@H](COC(=O)CCCCCCC/C=C\CCCCCCCC)OC(=O)CCCCCCC/C=C\CCCCCC. The van der Waals surface area contributed by atoms with E-state index in [0.717, 1.165) is 148 Å². The molecule has 0 aromatic carbocycles. The summed E-state index contributed by atoms with van der Waals surface area (Å²) in [6.07, 6.45) is 76.8. The van der Waals surface area contributed by atoms with Crippen LogP contribution >= 0.6 is 15.6 Å². The van der Waals surface area contributed by atoms with Crippen LogP contribution in [0.25, 0.3) is 0 Å². The van der Waals surface area contributed by atoms with E-state index in [0.29, 0.717) is 32.1 Å². The van der Waals surface area contributed by atoms with Crippen molar-refractivity contribution in [3.05, 3.63) is 97.2 Å². The number of hydrogen-bond donors (Lipinski definition) is 3. The van der Waals surface area contributed by atoms with Gasteiger partial charge in [-0.15, -0.1) is 0 Å². The van der Waals surface area contributed by atoms with E-state index in [9.17, 15) is 43.2 Å². The standard InChI is InChI=1S/C81H142O17P2/c1-5-9-13-17-21-25-29-33-36-37-40-44-48-52-56-60-64-68-81(86)98-77(72-92-79(84)66-62-58-54-50-46-43-39-35-31-27-23-19-15-11-7-3)74-96-100(89,90)94-70-75(82)69-93-99(87,88)95-73-76(97-80(85)67-63-59-55-51-47-41-32-28-24-20-16-12-8-4)71-91-78(83)65-61-57-53-49-45-42-38-34-30-26-22-18-14-10-6-2/h21,23,25,27-28,32-36,38-40,44,52,56,75-77,82H,5-20,22,24,26,29-31,37,41-43,45-51,53-55,57-74H2,1-4H3,(H,87,88)(H,89,90)/b25-21-,27-23-,32-28-,36-33-,38-34-,39-35-,44-40-,56-52-/t75-,76+,77+/m0/s1. The Kier molecular flexibility index (Phi) is 70.4. The van der Waals surface area contributed by atoms with E-state index in [1.165, 1.54) is 103 Å². The molecule has 0 saturated carbocycles. The van der Waals surface area contributed by atoms with Crippen LogP contribution in [-0.2, 0) is 65.4 Å². The van der Waals surface area contributed by atoms with Gasteiger partial charge in [0.25, 0.3) is 0 Å². The average molecular weight is 1450 g/mol. The molecule has 19 heteroatoms. The zero-order chi connectivity index (χ0) is 73.2. The largest absolute Gasteiger partial charge is 0.472 e. The number of ether oxygens (including phenoxy) is 4. The summed E-state index contributed by atoms with van der Waals surface area (Å²) in [5.74, 6) is -2.26. The zero-order valence-corrected chi connectivity index (χ0v) is 64.9. The molecule has 2 unspecified atom stereocenters. The van der Waals surface area contributed by atoms with E-state index in [1.54, 1.807) is 0 Å². The molecule has 0 aromatic rings. The highest BCUT2D eigenvalue weighted by molar-refractivity contribution is 7.47. The van der Waals surface area contributed by atoms with Crippen LogP contribution < -0.4 is 0 Å². The summed E-state index contributed by atoms with van der Waals surface area (Å²) in [4.78, 5) is 72.9. The van der Waals surface area contributed by atoms with Gasteiger partial charge in [0.05, 0.1) is 26.4 Å². The third kappa shape index (κ3) is 72.3. The minimum absolute atomic E-state index is 0.0158. The fourth-order valence-corrected chi connectivity index (χ4v) is 12.0. The van der Waals surface area contributed by atoms with Gasteiger partial charge in [-0.2, -0.15) is 0 Å². The Balaban J connectivity index is 5.41. The third-order valence-electron chi connectivity index (χ3n) is 16.5. The molecule has 0 amide bonds. The van der Waals surface area contributed by atoms with Gasteiger partial charge in [0.15, 0.2) is 12.2 Å². The van der Waals surface area contributed by atoms with Crippen LogP contribution in [0.4, 0.5) is 0 Å². The summed E-state index contributed by atoms with van der Waals surface area (Å²) in [5.41, 5.74) is 0. The molecule has 0 aliphatic rings. The smallest absolute Gasteiger partial charge is 0.462 e. The molecule has 0 aliphatic heterocycles. The number of aliphatic hydroxyl groups excluding tert-OH is 1. The number of esters is 4. The number of hydrogen-bond acceptors (Lipinski definition) is 15. The summed E-state index contributed by atoms with van der Waals surface area (Å²) in [7, 11) is -9.97. The lowest BCUT2D eigenvalue weighted by Crippen LogP contribution is -2.30. The van der Waals surface area contributed by atoms with Crippen molar-refractivity contribution >= 4 is 39.5 Å². The number of allylic oxidation sites excluding steroid dienone is 16. The number of aliphatic hydroxyl groups is 1. The van der Waals surface area contributed by atoms with Gasteiger partial charge < -0.3 is 33.8 Å². The fraction of sp³-hybridized carbons (Fsp3) is 0.753. The van der Waals surface area contributed by atoms with Crippen molar-refractivity contribution in [1.82, 2.24) is 0 Å². The summed E-state index contributed by atoms with van der Waals surface area (Å²) >= 11 is 0. The maximum atomic E-state index is 13.1. The van der Waals surface area contributed by atoms with Crippen molar-refractivity contribution in [2.45, 2.75) is 354 Å². The summed E-state index contributed by atoms with van der Waals surface area (Å²) < 4.78 is 68.5. The Labute approximate surface area is 607 Å². The van der Waals surface area contributed by atoms with Gasteiger partial charge in [0.2, 0.25) is 0 Å². The Hall–Kier alpha value is -4.02. The Morgan fingerprint density at radius 1 is 0.280 bits per heavy atom. The molecule has 0 aromatic heterocycles. The molecule has 0 radical (unpaired) electrons. The Morgan fingerprint density at radius 3 is 0.830 bits per heavy atom. The lowest BCUT2D eigenvalue weighted by Gasteiger charge is -2.21. The van der Waals surface area contributed by atoms with Crippen molar-refractivity contribution < 1.29 is 80.2 Å². The van der Waals surface area contributed by atoms with Gasteiger partial charge in [-0.1, -0.05) is 260 Å². The Morgan fingerprint density at radius 2 is 0.500 bits per heavy atom. The molecule has 0 saturated heterocycles. The van der Waals surface area contributed by atoms with Crippen molar-refractivity contribution in [1.29, 1.82) is 0 Å². The fourth-order valence-electron chi connectivity index (χ4n) is 10.4. The van der Waals surface area contributed by atoms with E-state index in [4.69, 9.17) is 37.0 Å². The second-order valence-electron chi connectivity index (χ2n) is 26.3. The van der Waals surface area contributed by atoms with E-state index in [2.05, 4.69) is 113 Å². The van der Waals surface area contributed by atoms with Gasteiger partial charge >= 0.3 is 39.5 Å². The summed E-state index contributed by atoms with van der Waals surface area (Å²) in [6.45, 7) is 4.73. The van der Waals surface area contributed by atoms with Crippen LogP contribution in [0, 0.1) is 0 Å². The Bertz CT molecular complexity index is 2270. The van der Waals surface area contributed by atoms with E-state index < -0.39 is 97.5 Å². The maximum absolute atomic E-state index is 13.1. The monoisotopic (exact) mass is 1450 g/mol. The van der Waals surface area contributed by atoms with Crippen LogP contribution in [0.2, 0.25) is 0 Å². The number of rotatable bonds is 74. The molecule has 0 fully saturated rings. The van der Waals surface area contributed by atoms with E-state index >= 15 is 0 Å². The molecule has 0 bridgehead atoms. The topological polar surface area (TPSA) is 237 Å². The van der Waals surface area contributed by atoms with Crippen LogP contribution in [0.15, 0.2) is 97.2 Å². The second-order valence-corrected chi connectivity index (χ2v) is 29.2. The molecular formula is C81H142O17P2. The molecule has 0 heterocycles. The van der Waals surface area contributed by atoms with Crippen molar-refractivity contribution in [2.24, 2.45) is 0 Å². The molecular weight excluding hydrogens is 1310 g/mol. The molecule has 3 N–H and O–H groups in total. The third-order valence-corrected chi connectivity index (χ3v) is 18.4. The lowest BCUT2D eigenvalue weighted by molar-refractivity contribution is -0.161. The first kappa shape index (κ1) is 96.0. The second kappa shape index (κ2) is 73.3. The molecule has 0 rings (SSSR count). The number of phosphoric acid groups is 2. The van der Waals surface area contributed by atoms with Crippen molar-refractivity contribution in [3.63, 3.8) is 0 Å². The normalized spacial score (nSPS) is 14.4. The van der Waals surface area contributed by atoms with Gasteiger partial charge in [0.1, 0.15) is 19.3 Å². The molecule has 0 spiro atoms. The van der Waals surface area contributed by atoms with Gasteiger partial charge in [-0.05, 0) is 148 Å². The first-order valence-electron chi connectivity index (χ1n) is 39.5. The highest BCUT2D eigenvalue weighted by Crippen LogP contribution is 2.45. The van der Waals surface area contributed by atoms with Gasteiger partial charge in [-0.25, -0.2) is 9.13 Å². The number of unbranched alkanes of at least 4 members (excludes halogenated alkanes) is 32. The summed E-state index contributed by atoms with van der Waals surface area (Å²) in [6, 6.07) is 0. The lowest BCUT2D eigenvalue weighted by atomic mass is 10.1. The maximum Gasteiger partial charge on any atom is 0.472 e. The number of carbonyl (C=O) groups is 4. The summed E-state index contributed by atoms with van der Waals surface area (Å²) in [5, 5.41) is 10.6. The first-order chi connectivity index (χ1) is 48.7. The zero-order valence-electron chi connectivity index (χ0n) is 63.1. The van der Waals surface area contributed by atoms with Crippen molar-refractivity contribution in [2.75, 3.05) is 39.6 Å². The minimum Gasteiger partial charge on any atom is -0.462 e. The predicted molar refractivity (Wildman–Crippen MR) is 409 cm³/mol. The molecule has 0 aliphatic carbocycles. The van der Waals surface area contributed by atoms with Crippen LogP contribution in [0.5, 0.6) is 0 Å². The van der Waals surface area contributed by atoms with Gasteiger partial charge in [-0.3, -0.25) is 37.3 Å². The van der Waals surface area contributed by atoms with Gasteiger partial charge in [0, 0.05) is 25.7 Å². The van der Waals surface area contributed by atoms with E-state index in [1.807, 2.05) is 12.2 Å². The quantitative estimate of drug-likeness (QED) is 0.0169. The molecule has 5 atom stereocenters. The van der Waals surface area contributed by atoms with E-state index in [-0.39, 0.29) is 25.7 Å². The predicted octanol–water partition coefficient (Wildman–Crippen LogP) is 22.8. The molecule has 17 nitrogen and oxygen atoms in total. The van der Waals surface area contributed by atoms with Crippen LogP contribution in [-0.4, -0.2) is 96.7 Å². The first-order valence-corrected chi connectivity index (χ1v) is 42.5. The molecule has 100 heavy (non-hydrogen) atoms. The molecule has 578 valence electrons. The average Bonchev–Trinajstić information content (AvgIpc) is 0.962. The highest BCUT2D eigenvalue weighted by atomic mass is 31.2.